The molecule has 2 atom stereocenters. The van der Waals surface area contributed by atoms with Crippen molar-refractivity contribution in [3.05, 3.63) is 35.4 Å². The summed E-state index contributed by atoms with van der Waals surface area (Å²) in [5, 5.41) is 0. The molecular formula is C21H34O2. The van der Waals surface area contributed by atoms with Gasteiger partial charge in [-0.1, -0.05) is 76.6 Å². The van der Waals surface area contributed by atoms with Gasteiger partial charge in [0.25, 0.3) is 0 Å². The van der Waals surface area contributed by atoms with Gasteiger partial charge in [-0.15, -0.1) is 0 Å². The van der Waals surface area contributed by atoms with Crippen LogP contribution in [0.5, 0.6) is 0 Å². The van der Waals surface area contributed by atoms with Crippen LogP contribution in [0.15, 0.2) is 24.3 Å². The molecule has 0 amide bonds. The summed E-state index contributed by atoms with van der Waals surface area (Å²) in [5.74, 6) is 0. The molecule has 0 saturated carbocycles. The highest BCUT2D eigenvalue weighted by Crippen LogP contribution is 2.25. The Hall–Kier alpha value is -0.860. The second-order valence-corrected chi connectivity index (χ2v) is 6.83. The minimum absolute atomic E-state index is 0.117. The molecule has 1 aliphatic heterocycles. The number of unbranched alkanes of at least 4 members (excludes halogenated alkanes) is 5. The van der Waals surface area contributed by atoms with Crippen LogP contribution in [0, 0.1) is 0 Å². The van der Waals surface area contributed by atoms with Crippen LogP contribution in [0.4, 0.5) is 0 Å². The van der Waals surface area contributed by atoms with Gasteiger partial charge in [0, 0.05) is 0 Å². The molecule has 1 aromatic rings. The van der Waals surface area contributed by atoms with Crippen molar-refractivity contribution in [3.8, 4) is 0 Å². The summed E-state index contributed by atoms with van der Waals surface area (Å²) in [6.07, 6.45) is 11.9. The molecule has 130 valence electrons. The zero-order valence-corrected chi connectivity index (χ0v) is 15.1. The Labute approximate surface area is 142 Å². The molecule has 2 rings (SSSR count). The molecule has 2 heteroatoms. The highest BCUT2D eigenvalue weighted by molar-refractivity contribution is 5.24. The third-order valence-corrected chi connectivity index (χ3v) is 4.77. The number of benzene rings is 1. The van der Waals surface area contributed by atoms with Crippen LogP contribution < -0.4 is 0 Å². The first-order valence-corrected chi connectivity index (χ1v) is 9.65. The van der Waals surface area contributed by atoms with Crippen molar-refractivity contribution in [2.24, 2.45) is 0 Å². The Morgan fingerprint density at radius 1 is 0.826 bits per heavy atom. The van der Waals surface area contributed by atoms with Gasteiger partial charge in [0.05, 0.1) is 19.3 Å². The first-order chi connectivity index (χ1) is 11.3. The van der Waals surface area contributed by atoms with Crippen LogP contribution >= 0.6 is 0 Å². The van der Waals surface area contributed by atoms with E-state index in [1.807, 2.05) is 0 Å². The molecule has 1 saturated heterocycles. The molecule has 0 bridgehead atoms. The molecule has 2 nitrogen and oxygen atoms in total. The van der Waals surface area contributed by atoms with E-state index in [1.54, 1.807) is 0 Å². The molecule has 0 spiro atoms. The zero-order chi connectivity index (χ0) is 16.3. The minimum atomic E-state index is 0.117. The molecular weight excluding hydrogens is 284 g/mol. The number of rotatable bonds is 10. The molecule has 1 heterocycles. The predicted molar refractivity (Wildman–Crippen MR) is 96.9 cm³/mol. The molecule has 1 aliphatic rings. The number of hydrogen-bond acceptors (Lipinski definition) is 2. The topological polar surface area (TPSA) is 18.5 Å². The van der Waals surface area contributed by atoms with E-state index in [9.17, 15) is 0 Å². The third kappa shape index (κ3) is 6.64. The lowest BCUT2D eigenvalue weighted by Crippen LogP contribution is -2.31. The monoisotopic (exact) mass is 318 g/mol. The van der Waals surface area contributed by atoms with Crippen molar-refractivity contribution in [2.45, 2.75) is 83.8 Å². The fourth-order valence-electron chi connectivity index (χ4n) is 3.18. The van der Waals surface area contributed by atoms with Crippen molar-refractivity contribution in [1.29, 1.82) is 0 Å². The van der Waals surface area contributed by atoms with Crippen LogP contribution in [-0.4, -0.2) is 19.3 Å². The quantitative estimate of drug-likeness (QED) is 0.504. The van der Waals surface area contributed by atoms with E-state index in [0.717, 1.165) is 13.0 Å². The molecule has 0 unspecified atom stereocenters. The summed E-state index contributed by atoms with van der Waals surface area (Å²) in [6.45, 7) is 5.94. The van der Waals surface area contributed by atoms with Crippen LogP contribution in [0.1, 0.15) is 82.4 Å². The van der Waals surface area contributed by atoms with Gasteiger partial charge in [0.15, 0.2) is 0 Å². The van der Waals surface area contributed by atoms with Gasteiger partial charge < -0.3 is 9.47 Å². The Kier molecular flexibility index (Phi) is 8.70. The van der Waals surface area contributed by atoms with Crippen LogP contribution in [-0.2, 0) is 15.9 Å². The van der Waals surface area contributed by atoms with E-state index in [-0.39, 0.29) is 6.10 Å². The average Bonchev–Trinajstić information content (AvgIpc) is 2.60. The van der Waals surface area contributed by atoms with E-state index in [1.165, 1.54) is 62.5 Å². The number of hydrogen-bond donors (Lipinski definition) is 0. The fourth-order valence-corrected chi connectivity index (χ4v) is 3.18. The molecule has 23 heavy (non-hydrogen) atoms. The lowest BCUT2D eigenvalue weighted by molar-refractivity contribution is -0.137. The summed E-state index contributed by atoms with van der Waals surface area (Å²) in [6, 6.07) is 8.97. The van der Waals surface area contributed by atoms with Crippen molar-refractivity contribution in [1.82, 2.24) is 0 Å². The van der Waals surface area contributed by atoms with E-state index < -0.39 is 0 Å². The average molecular weight is 319 g/mol. The summed E-state index contributed by atoms with van der Waals surface area (Å²) in [7, 11) is 0. The normalized spacial score (nSPS) is 21.5. The number of ether oxygens (including phenoxy) is 2. The Morgan fingerprint density at radius 2 is 1.57 bits per heavy atom. The Morgan fingerprint density at radius 3 is 2.22 bits per heavy atom. The van der Waals surface area contributed by atoms with Gasteiger partial charge in [-0.25, -0.2) is 0 Å². The van der Waals surface area contributed by atoms with Gasteiger partial charge in [-0.05, 0) is 30.4 Å². The third-order valence-electron chi connectivity index (χ3n) is 4.77. The molecule has 0 aromatic heterocycles. The summed E-state index contributed by atoms with van der Waals surface area (Å²) >= 11 is 0. The second-order valence-electron chi connectivity index (χ2n) is 6.83. The van der Waals surface area contributed by atoms with Gasteiger partial charge in [-0.2, -0.15) is 0 Å². The maximum atomic E-state index is 6.04. The smallest absolute Gasteiger partial charge is 0.106 e. The summed E-state index contributed by atoms with van der Waals surface area (Å²) < 4.78 is 12.0. The first kappa shape index (κ1) is 18.5. The van der Waals surface area contributed by atoms with Crippen LogP contribution in [0.25, 0.3) is 0 Å². The van der Waals surface area contributed by atoms with Gasteiger partial charge >= 0.3 is 0 Å². The van der Waals surface area contributed by atoms with E-state index in [0.29, 0.717) is 12.7 Å². The van der Waals surface area contributed by atoms with Crippen LogP contribution in [0.3, 0.4) is 0 Å². The van der Waals surface area contributed by atoms with Crippen LogP contribution in [0.2, 0.25) is 0 Å². The molecule has 0 N–H and O–H groups in total. The van der Waals surface area contributed by atoms with Crippen molar-refractivity contribution in [3.63, 3.8) is 0 Å². The highest BCUT2D eigenvalue weighted by Gasteiger charge is 2.23. The van der Waals surface area contributed by atoms with Gasteiger partial charge in [-0.3, -0.25) is 0 Å². The van der Waals surface area contributed by atoms with Crippen molar-refractivity contribution in [2.75, 3.05) is 13.2 Å². The lowest BCUT2D eigenvalue weighted by Gasteiger charge is -2.30. The highest BCUT2D eigenvalue weighted by atomic mass is 16.6. The fraction of sp³-hybridized carbons (Fsp3) is 0.714. The SMILES string of the molecule is CCCCCCc1ccc([C@H]2CO[C@H](CCCCC)CO2)cc1. The summed E-state index contributed by atoms with van der Waals surface area (Å²) in [5.41, 5.74) is 2.70. The van der Waals surface area contributed by atoms with E-state index in [2.05, 4.69) is 38.1 Å². The minimum Gasteiger partial charge on any atom is -0.373 e. The maximum Gasteiger partial charge on any atom is 0.106 e. The van der Waals surface area contributed by atoms with E-state index >= 15 is 0 Å². The standard InChI is InChI=1S/C21H34O2/c1-3-5-7-9-10-18-12-14-19(15-13-18)21-17-22-20(16-23-21)11-8-6-4-2/h12-15,20-21H,3-11,16-17H2,1-2H3/t20-,21-/m1/s1. The zero-order valence-electron chi connectivity index (χ0n) is 15.1. The Bertz CT molecular complexity index is 404. The lowest BCUT2D eigenvalue weighted by atomic mass is 10.0. The van der Waals surface area contributed by atoms with Gasteiger partial charge in [0.1, 0.15) is 6.10 Å². The molecule has 0 aliphatic carbocycles. The molecule has 1 aromatic carbocycles. The van der Waals surface area contributed by atoms with E-state index in [4.69, 9.17) is 9.47 Å². The second kappa shape index (κ2) is 10.8. The molecule has 0 radical (unpaired) electrons. The maximum absolute atomic E-state index is 6.04. The van der Waals surface area contributed by atoms with Crippen molar-refractivity contribution >= 4 is 0 Å². The van der Waals surface area contributed by atoms with Crippen molar-refractivity contribution < 1.29 is 9.47 Å². The molecule has 1 fully saturated rings. The number of aryl methyl sites for hydroxylation is 1. The van der Waals surface area contributed by atoms with Gasteiger partial charge in [0.2, 0.25) is 0 Å². The largest absolute Gasteiger partial charge is 0.373 e. The predicted octanol–water partition coefficient (Wildman–Crippen LogP) is 5.85. The summed E-state index contributed by atoms with van der Waals surface area (Å²) in [4.78, 5) is 0. The Balaban J connectivity index is 1.71. The first-order valence-electron chi connectivity index (χ1n) is 9.65.